The Bertz CT molecular complexity index is 649. The summed E-state index contributed by atoms with van der Waals surface area (Å²) in [6.07, 6.45) is 0. The third-order valence-corrected chi connectivity index (χ3v) is 2.76. The zero-order valence-electron chi connectivity index (χ0n) is 11.9. The van der Waals surface area contributed by atoms with Gasteiger partial charge in [-0.05, 0) is 29.5 Å². The van der Waals surface area contributed by atoms with Gasteiger partial charge in [0.1, 0.15) is 6.54 Å². The number of methoxy groups -OCH3 is 1. The van der Waals surface area contributed by atoms with Crippen molar-refractivity contribution in [2.75, 3.05) is 13.7 Å². The molecule has 0 radical (unpaired) electrons. The van der Waals surface area contributed by atoms with Gasteiger partial charge in [-0.2, -0.15) is 9.36 Å². The first-order chi connectivity index (χ1) is 10.1. The Morgan fingerprint density at radius 3 is 2.71 bits per heavy atom. The molecule has 1 heterocycles. The number of amides is 1. The van der Waals surface area contributed by atoms with Crippen LogP contribution in [0, 0.1) is 0 Å². The number of para-hydroxylation sites is 1. The second-order valence-corrected chi connectivity index (χ2v) is 4.59. The lowest BCUT2D eigenvalue weighted by molar-refractivity contribution is -0.122. The standard InChI is InChI=1S/C13H17N5O3/c1-10(9-21-2)14-12(19)8-17-13(20)18(16-15-17)11-6-4-3-5-7-11/h3-7,10H,8-9H2,1-2H3,(H,14,19)/t10-/m0/s1. The summed E-state index contributed by atoms with van der Waals surface area (Å²) in [5.74, 6) is -0.318. The molecule has 0 spiro atoms. The van der Waals surface area contributed by atoms with Crippen LogP contribution in [-0.4, -0.2) is 45.5 Å². The maximum absolute atomic E-state index is 12.1. The fourth-order valence-electron chi connectivity index (χ4n) is 1.85. The lowest BCUT2D eigenvalue weighted by Crippen LogP contribution is -2.39. The van der Waals surface area contributed by atoms with Gasteiger partial charge in [0.2, 0.25) is 5.91 Å². The SMILES string of the molecule is COC[C@H](C)NC(=O)Cn1nnn(-c2ccccc2)c1=O. The lowest BCUT2D eigenvalue weighted by Gasteiger charge is -2.11. The number of benzene rings is 1. The molecule has 8 nitrogen and oxygen atoms in total. The van der Waals surface area contributed by atoms with Gasteiger partial charge < -0.3 is 10.1 Å². The van der Waals surface area contributed by atoms with Crippen LogP contribution in [0.25, 0.3) is 5.69 Å². The van der Waals surface area contributed by atoms with Crippen LogP contribution in [-0.2, 0) is 16.1 Å². The van der Waals surface area contributed by atoms with E-state index in [1.165, 1.54) is 0 Å². The molecule has 0 fully saturated rings. The summed E-state index contributed by atoms with van der Waals surface area (Å²) in [7, 11) is 1.55. The molecule has 1 amide bonds. The molecule has 1 atom stereocenters. The molecule has 2 aromatic rings. The van der Waals surface area contributed by atoms with E-state index in [1.807, 2.05) is 13.0 Å². The van der Waals surface area contributed by atoms with E-state index >= 15 is 0 Å². The maximum Gasteiger partial charge on any atom is 0.368 e. The number of ether oxygens (including phenoxy) is 1. The first-order valence-corrected chi connectivity index (χ1v) is 6.48. The first kappa shape index (κ1) is 14.9. The molecule has 0 bridgehead atoms. The topological polar surface area (TPSA) is 91.0 Å². The average molecular weight is 291 g/mol. The van der Waals surface area contributed by atoms with Crippen LogP contribution in [0.4, 0.5) is 0 Å². The van der Waals surface area contributed by atoms with Crippen LogP contribution in [0.5, 0.6) is 0 Å². The van der Waals surface area contributed by atoms with Gasteiger partial charge in [0, 0.05) is 13.2 Å². The monoisotopic (exact) mass is 291 g/mol. The van der Waals surface area contributed by atoms with Crippen molar-refractivity contribution < 1.29 is 9.53 Å². The molecule has 1 aromatic heterocycles. The predicted octanol–water partition coefficient (Wildman–Crippen LogP) is -0.420. The van der Waals surface area contributed by atoms with Gasteiger partial charge in [0.05, 0.1) is 12.3 Å². The summed E-state index contributed by atoms with van der Waals surface area (Å²) >= 11 is 0. The molecule has 1 N–H and O–H groups in total. The first-order valence-electron chi connectivity index (χ1n) is 6.48. The number of aromatic nitrogens is 4. The number of hydrogen-bond donors (Lipinski definition) is 1. The van der Waals surface area contributed by atoms with Gasteiger partial charge in [0.25, 0.3) is 0 Å². The highest BCUT2D eigenvalue weighted by Crippen LogP contribution is 2.00. The zero-order chi connectivity index (χ0) is 15.2. The van der Waals surface area contributed by atoms with E-state index in [-0.39, 0.29) is 18.5 Å². The van der Waals surface area contributed by atoms with Gasteiger partial charge in [-0.15, -0.1) is 0 Å². The van der Waals surface area contributed by atoms with Crippen molar-refractivity contribution >= 4 is 5.91 Å². The van der Waals surface area contributed by atoms with Crippen LogP contribution in [0.15, 0.2) is 35.1 Å². The Hall–Kier alpha value is -2.48. The Kier molecular flexibility index (Phi) is 4.83. The highest BCUT2D eigenvalue weighted by molar-refractivity contribution is 5.75. The minimum atomic E-state index is -0.462. The Balaban J connectivity index is 2.08. The van der Waals surface area contributed by atoms with Crippen molar-refractivity contribution in [1.82, 2.24) is 25.1 Å². The van der Waals surface area contributed by atoms with Gasteiger partial charge in [-0.25, -0.2) is 4.79 Å². The summed E-state index contributed by atoms with van der Waals surface area (Å²) in [5.41, 5.74) is 0.137. The number of nitrogens with zero attached hydrogens (tertiary/aromatic N) is 4. The average Bonchev–Trinajstić information content (AvgIpc) is 2.81. The quantitative estimate of drug-likeness (QED) is 0.780. The van der Waals surface area contributed by atoms with Crippen molar-refractivity contribution in [2.45, 2.75) is 19.5 Å². The van der Waals surface area contributed by atoms with E-state index in [4.69, 9.17) is 4.74 Å². The van der Waals surface area contributed by atoms with E-state index in [0.717, 1.165) is 9.36 Å². The molecule has 8 heteroatoms. The normalized spacial score (nSPS) is 12.1. The third-order valence-electron chi connectivity index (χ3n) is 2.76. The minimum Gasteiger partial charge on any atom is -0.383 e. The molecule has 0 aliphatic heterocycles. The molecule has 2 rings (SSSR count). The van der Waals surface area contributed by atoms with Crippen molar-refractivity contribution in [3.8, 4) is 5.69 Å². The Morgan fingerprint density at radius 2 is 2.05 bits per heavy atom. The molecule has 0 saturated heterocycles. The van der Waals surface area contributed by atoms with E-state index in [2.05, 4.69) is 15.7 Å². The number of carbonyl (C=O) groups excluding carboxylic acids is 1. The lowest BCUT2D eigenvalue weighted by atomic mass is 10.3. The fraction of sp³-hybridized carbons (Fsp3) is 0.385. The second kappa shape index (κ2) is 6.80. The number of tetrazole rings is 1. The summed E-state index contributed by atoms with van der Waals surface area (Å²) in [4.78, 5) is 23.9. The summed E-state index contributed by atoms with van der Waals surface area (Å²) in [6, 6.07) is 8.76. The maximum atomic E-state index is 12.1. The number of carbonyl (C=O) groups is 1. The largest absolute Gasteiger partial charge is 0.383 e. The molecule has 21 heavy (non-hydrogen) atoms. The molecule has 1 aromatic carbocycles. The third kappa shape index (κ3) is 3.76. The predicted molar refractivity (Wildman–Crippen MR) is 75.1 cm³/mol. The molecular formula is C13H17N5O3. The highest BCUT2D eigenvalue weighted by atomic mass is 16.5. The minimum absolute atomic E-state index is 0.137. The summed E-state index contributed by atoms with van der Waals surface area (Å²) in [6.45, 7) is 2.03. The summed E-state index contributed by atoms with van der Waals surface area (Å²) < 4.78 is 7.09. The van der Waals surface area contributed by atoms with Crippen LogP contribution in [0.2, 0.25) is 0 Å². The van der Waals surface area contributed by atoms with Crippen LogP contribution in [0.1, 0.15) is 6.92 Å². The van der Waals surface area contributed by atoms with Gasteiger partial charge in [-0.3, -0.25) is 4.79 Å². The van der Waals surface area contributed by atoms with Gasteiger partial charge >= 0.3 is 5.69 Å². The van der Waals surface area contributed by atoms with Crippen molar-refractivity contribution in [1.29, 1.82) is 0 Å². The van der Waals surface area contributed by atoms with E-state index in [1.54, 1.807) is 31.4 Å². The van der Waals surface area contributed by atoms with Gasteiger partial charge in [0.15, 0.2) is 0 Å². The van der Waals surface area contributed by atoms with Crippen LogP contribution >= 0.6 is 0 Å². The van der Waals surface area contributed by atoms with E-state index in [9.17, 15) is 9.59 Å². The fourth-order valence-corrected chi connectivity index (χ4v) is 1.85. The zero-order valence-corrected chi connectivity index (χ0v) is 11.9. The molecule has 0 saturated carbocycles. The van der Waals surface area contributed by atoms with Crippen molar-refractivity contribution in [3.63, 3.8) is 0 Å². The Morgan fingerprint density at radius 1 is 1.33 bits per heavy atom. The van der Waals surface area contributed by atoms with Crippen LogP contribution < -0.4 is 11.0 Å². The second-order valence-electron chi connectivity index (χ2n) is 4.59. The summed E-state index contributed by atoms with van der Waals surface area (Å²) in [5, 5.41) is 10.2. The molecule has 0 aliphatic carbocycles. The molecule has 0 aliphatic rings. The smallest absolute Gasteiger partial charge is 0.368 e. The number of hydrogen-bond acceptors (Lipinski definition) is 5. The molecule has 0 unspecified atom stereocenters. The van der Waals surface area contributed by atoms with Gasteiger partial charge in [-0.1, -0.05) is 18.2 Å². The number of rotatable bonds is 6. The molecule has 112 valence electrons. The number of nitrogens with one attached hydrogen (secondary N) is 1. The molecular weight excluding hydrogens is 274 g/mol. The van der Waals surface area contributed by atoms with Crippen molar-refractivity contribution in [3.05, 3.63) is 40.8 Å². The Labute approximate surface area is 121 Å². The van der Waals surface area contributed by atoms with Crippen molar-refractivity contribution in [2.24, 2.45) is 0 Å². The van der Waals surface area contributed by atoms with E-state index in [0.29, 0.717) is 12.3 Å². The van der Waals surface area contributed by atoms with Crippen LogP contribution in [0.3, 0.4) is 0 Å². The highest BCUT2D eigenvalue weighted by Gasteiger charge is 2.13. The van der Waals surface area contributed by atoms with E-state index < -0.39 is 5.69 Å².